The number of rotatable bonds is 4. The summed E-state index contributed by atoms with van der Waals surface area (Å²) >= 11 is 2.15. The van der Waals surface area contributed by atoms with Crippen molar-refractivity contribution in [3.8, 4) is 22.7 Å². The van der Waals surface area contributed by atoms with E-state index in [-0.39, 0.29) is 0 Å². The first-order valence-corrected chi connectivity index (χ1v) is 9.02. The van der Waals surface area contributed by atoms with Gasteiger partial charge in [0, 0.05) is 9.13 Å². The number of alkyl halides is 3. The summed E-state index contributed by atoms with van der Waals surface area (Å²) in [7, 11) is 1.58. The van der Waals surface area contributed by atoms with Gasteiger partial charge in [0.1, 0.15) is 5.75 Å². The Morgan fingerprint density at radius 1 is 1.08 bits per heavy atom. The van der Waals surface area contributed by atoms with Gasteiger partial charge in [0.2, 0.25) is 0 Å². The van der Waals surface area contributed by atoms with E-state index < -0.39 is 11.9 Å². The average Bonchev–Trinajstić information content (AvgIpc) is 3.07. The molecule has 0 aliphatic rings. The number of hydrogen-bond donors (Lipinski definition) is 0. The average molecular weight is 472 g/mol. The summed E-state index contributed by atoms with van der Waals surface area (Å²) in [5.74, 6) is 0.715. The molecule has 26 heavy (non-hydrogen) atoms. The van der Waals surface area contributed by atoms with Crippen LogP contribution in [0.15, 0.2) is 48.5 Å². The van der Waals surface area contributed by atoms with Gasteiger partial charge in [-0.1, -0.05) is 6.92 Å². The number of hydrogen-bond acceptors (Lipinski definition) is 2. The number of benzene rings is 2. The Hall–Kier alpha value is -2.03. The topological polar surface area (TPSA) is 27.1 Å². The van der Waals surface area contributed by atoms with Gasteiger partial charge in [-0.15, -0.1) is 0 Å². The molecule has 7 heteroatoms. The summed E-state index contributed by atoms with van der Waals surface area (Å²) < 4.78 is 47.4. The van der Waals surface area contributed by atoms with Gasteiger partial charge in [0.05, 0.1) is 18.5 Å². The molecule has 0 saturated carbocycles. The minimum Gasteiger partial charge on any atom is -0.496 e. The normalized spacial score (nSPS) is 11.6. The van der Waals surface area contributed by atoms with E-state index in [1.807, 2.05) is 25.1 Å². The number of methoxy groups -OCH3 is 1. The van der Waals surface area contributed by atoms with E-state index in [0.717, 1.165) is 15.2 Å². The Kier molecular flexibility index (Phi) is 5.27. The molecular weight excluding hydrogens is 456 g/mol. The van der Waals surface area contributed by atoms with Crippen LogP contribution in [0.2, 0.25) is 0 Å². The smallest absolute Gasteiger partial charge is 0.435 e. The molecule has 3 aromatic rings. The molecule has 0 amide bonds. The lowest BCUT2D eigenvalue weighted by molar-refractivity contribution is -0.141. The molecule has 0 atom stereocenters. The fourth-order valence-corrected chi connectivity index (χ4v) is 3.08. The number of halogens is 4. The van der Waals surface area contributed by atoms with Crippen LogP contribution in [0.5, 0.6) is 5.75 Å². The molecule has 0 aliphatic carbocycles. The molecule has 0 fully saturated rings. The maximum atomic E-state index is 13.2. The summed E-state index contributed by atoms with van der Waals surface area (Å²) in [6.07, 6.45) is -3.80. The van der Waals surface area contributed by atoms with Crippen molar-refractivity contribution in [2.24, 2.45) is 0 Å². The van der Waals surface area contributed by atoms with Crippen molar-refractivity contribution >= 4 is 22.6 Å². The molecule has 0 radical (unpaired) electrons. The highest BCUT2D eigenvalue weighted by atomic mass is 127. The lowest BCUT2D eigenvalue weighted by Gasteiger charge is -2.11. The van der Waals surface area contributed by atoms with Gasteiger partial charge >= 0.3 is 6.18 Å². The van der Waals surface area contributed by atoms with Gasteiger partial charge < -0.3 is 4.74 Å². The fourth-order valence-electron chi connectivity index (χ4n) is 2.72. The Balaban J connectivity index is 2.19. The lowest BCUT2D eigenvalue weighted by Crippen LogP contribution is -2.07. The highest BCUT2D eigenvalue weighted by Gasteiger charge is 2.35. The number of aromatic nitrogens is 2. The predicted molar refractivity (Wildman–Crippen MR) is 103 cm³/mol. The Morgan fingerprint density at radius 3 is 2.35 bits per heavy atom. The van der Waals surface area contributed by atoms with Gasteiger partial charge in [-0.2, -0.15) is 18.3 Å². The third kappa shape index (κ3) is 3.72. The van der Waals surface area contributed by atoms with Crippen molar-refractivity contribution < 1.29 is 17.9 Å². The van der Waals surface area contributed by atoms with Crippen LogP contribution in [0.1, 0.15) is 18.2 Å². The summed E-state index contributed by atoms with van der Waals surface area (Å²) in [5.41, 5.74) is 1.62. The second-order valence-electron chi connectivity index (χ2n) is 5.68. The van der Waals surface area contributed by atoms with Gasteiger partial charge in [0.15, 0.2) is 5.69 Å². The number of ether oxygens (including phenoxy) is 1. The van der Waals surface area contributed by atoms with Crippen molar-refractivity contribution in [1.29, 1.82) is 0 Å². The van der Waals surface area contributed by atoms with Crippen LogP contribution in [-0.2, 0) is 12.6 Å². The SMILES string of the molecule is CCc1cc(-c2cc(C(F)(F)F)nn2-c2ccc(I)cc2)ccc1OC. The third-order valence-corrected chi connectivity index (χ3v) is 4.75. The minimum atomic E-state index is -4.51. The summed E-state index contributed by atoms with van der Waals surface area (Å²) in [6.45, 7) is 1.97. The van der Waals surface area contributed by atoms with Gasteiger partial charge in [-0.25, -0.2) is 4.68 Å². The zero-order valence-corrected chi connectivity index (χ0v) is 16.3. The van der Waals surface area contributed by atoms with Crippen LogP contribution in [0.25, 0.3) is 16.9 Å². The van der Waals surface area contributed by atoms with E-state index in [1.54, 1.807) is 31.4 Å². The molecule has 0 spiro atoms. The van der Waals surface area contributed by atoms with Crippen LogP contribution in [-0.4, -0.2) is 16.9 Å². The van der Waals surface area contributed by atoms with Crippen molar-refractivity contribution in [3.05, 3.63) is 63.4 Å². The molecular formula is C19H16F3IN2O. The Labute approximate surface area is 162 Å². The molecule has 136 valence electrons. The second kappa shape index (κ2) is 7.30. The summed E-state index contributed by atoms with van der Waals surface area (Å²) in [6, 6.07) is 13.6. The van der Waals surface area contributed by atoms with E-state index in [2.05, 4.69) is 27.7 Å². The molecule has 0 aliphatic heterocycles. The third-order valence-electron chi connectivity index (χ3n) is 4.03. The van der Waals surface area contributed by atoms with Gasteiger partial charge in [0.25, 0.3) is 0 Å². The Morgan fingerprint density at radius 2 is 1.77 bits per heavy atom. The van der Waals surface area contributed by atoms with Crippen LogP contribution in [0.4, 0.5) is 13.2 Å². The molecule has 1 heterocycles. The molecule has 0 bridgehead atoms. The highest BCUT2D eigenvalue weighted by Crippen LogP contribution is 2.34. The second-order valence-corrected chi connectivity index (χ2v) is 6.93. The maximum absolute atomic E-state index is 13.2. The highest BCUT2D eigenvalue weighted by molar-refractivity contribution is 14.1. The van der Waals surface area contributed by atoms with E-state index in [0.29, 0.717) is 29.1 Å². The zero-order valence-electron chi connectivity index (χ0n) is 14.1. The molecule has 3 nitrogen and oxygen atoms in total. The fraction of sp³-hybridized carbons (Fsp3) is 0.211. The Bertz CT molecular complexity index is 918. The van der Waals surface area contributed by atoms with Crippen LogP contribution < -0.4 is 4.74 Å². The van der Waals surface area contributed by atoms with E-state index >= 15 is 0 Å². The molecule has 1 aromatic heterocycles. The van der Waals surface area contributed by atoms with Crippen LogP contribution in [0.3, 0.4) is 0 Å². The molecule has 0 unspecified atom stereocenters. The number of nitrogens with zero attached hydrogens (tertiary/aromatic N) is 2. The first-order valence-electron chi connectivity index (χ1n) is 7.94. The van der Waals surface area contributed by atoms with Crippen LogP contribution >= 0.6 is 22.6 Å². The lowest BCUT2D eigenvalue weighted by atomic mass is 10.0. The quantitative estimate of drug-likeness (QED) is 0.454. The van der Waals surface area contributed by atoms with Crippen molar-refractivity contribution in [3.63, 3.8) is 0 Å². The summed E-state index contributed by atoms with van der Waals surface area (Å²) in [4.78, 5) is 0. The summed E-state index contributed by atoms with van der Waals surface area (Å²) in [5, 5.41) is 3.81. The number of aryl methyl sites for hydroxylation is 1. The predicted octanol–water partition coefficient (Wildman–Crippen LogP) is 5.73. The molecule has 3 rings (SSSR count). The molecule has 0 N–H and O–H groups in total. The van der Waals surface area contributed by atoms with Crippen LogP contribution in [0, 0.1) is 3.57 Å². The van der Waals surface area contributed by atoms with Crippen molar-refractivity contribution in [2.75, 3.05) is 7.11 Å². The molecule has 2 aromatic carbocycles. The van der Waals surface area contributed by atoms with Crippen molar-refractivity contribution in [1.82, 2.24) is 9.78 Å². The largest absolute Gasteiger partial charge is 0.496 e. The standard InChI is InChI=1S/C19H16F3IN2O/c1-3-12-10-13(4-9-17(12)26-2)16-11-18(19(20,21)22)24-25(16)15-7-5-14(23)6-8-15/h4-11H,3H2,1-2H3. The first-order chi connectivity index (χ1) is 12.3. The maximum Gasteiger partial charge on any atom is 0.435 e. The van der Waals surface area contributed by atoms with E-state index in [4.69, 9.17) is 4.74 Å². The zero-order chi connectivity index (χ0) is 18.9. The van der Waals surface area contributed by atoms with Gasteiger partial charge in [-0.05, 0) is 83.1 Å². The monoisotopic (exact) mass is 472 g/mol. The van der Waals surface area contributed by atoms with E-state index in [1.165, 1.54) is 4.68 Å². The first kappa shape index (κ1) is 18.8. The van der Waals surface area contributed by atoms with E-state index in [9.17, 15) is 13.2 Å². The van der Waals surface area contributed by atoms with Crippen molar-refractivity contribution in [2.45, 2.75) is 19.5 Å². The minimum absolute atomic E-state index is 0.385. The molecule has 0 saturated heterocycles. The van der Waals surface area contributed by atoms with Gasteiger partial charge in [-0.3, -0.25) is 0 Å².